The Morgan fingerprint density at radius 2 is 1.86 bits per heavy atom. The molecule has 1 aromatic rings. The number of hydrogen-bond acceptors (Lipinski definition) is 3. The van der Waals surface area contributed by atoms with E-state index >= 15 is 0 Å². The number of nitrogens with zero attached hydrogens (tertiary/aromatic N) is 1. The van der Waals surface area contributed by atoms with E-state index in [2.05, 4.69) is 36.1 Å². The van der Waals surface area contributed by atoms with Crippen LogP contribution in [0.25, 0.3) is 0 Å². The Hall–Kier alpha value is -0.870. The Bertz CT molecular complexity index is 566. The van der Waals surface area contributed by atoms with Gasteiger partial charge in [-0.15, -0.1) is 0 Å². The van der Waals surface area contributed by atoms with Crippen LogP contribution in [0.4, 0.5) is 0 Å². The molecule has 1 aliphatic carbocycles. The van der Waals surface area contributed by atoms with Gasteiger partial charge in [-0.05, 0) is 37.2 Å². The van der Waals surface area contributed by atoms with Gasteiger partial charge in [-0.3, -0.25) is 4.90 Å². The van der Waals surface area contributed by atoms with Crippen LogP contribution in [0.15, 0.2) is 30.3 Å². The molecule has 2 aliphatic rings. The summed E-state index contributed by atoms with van der Waals surface area (Å²) in [4.78, 5) is 2.50. The lowest BCUT2D eigenvalue weighted by atomic mass is 9.99. The minimum atomic E-state index is -2.78. The predicted octanol–water partition coefficient (Wildman–Crippen LogP) is 2.52. The zero-order chi connectivity index (χ0) is 14.9. The van der Waals surface area contributed by atoms with Gasteiger partial charge in [0, 0.05) is 18.6 Å². The summed E-state index contributed by atoms with van der Waals surface area (Å²) in [5.74, 6) is 1.33. The molecule has 0 aromatic heterocycles. The number of rotatable bonds is 6. The topological polar surface area (TPSA) is 37.4 Å². The molecular weight excluding hydrogens is 282 g/mol. The van der Waals surface area contributed by atoms with Gasteiger partial charge in [0.25, 0.3) is 0 Å². The highest BCUT2D eigenvalue weighted by atomic mass is 32.2. The van der Waals surface area contributed by atoms with Gasteiger partial charge in [0.2, 0.25) is 0 Å². The SMILES string of the molecule is CC(Cc1ccccc1)CN(C1CC1)C1CCS(=O)(=O)C1. The van der Waals surface area contributed by atoms with Gasteiger partial charge in [0.15, 0.2) is 9.84 Å². The second-order valence-electron chi connectivity index (χ2n) is 6.78. The molecule has 0 bridgehead atoms. The van der Waals surface area contributed by atoms with E-state index in [-0.39, 0.29) is 6.04 Å². The first kappa shape index (κ1) is 15.0. The Morgan fingerprint density at radius 3 is 2.43 bits per heavy atom. The third-order valence-electron chi connectivity index (χ3n) is 4.64. The van der Waals surface area contributed by atoms with Crippen molar-refractivity contribution in [3.8, 4) is 0 Å². The molecule has 116 valence electrons. The summed E-state index contributed by atoms with van der Waals surface area (Å²) in [6.45, 7) is 3.31. The monoisotopic (exact) mass is 307 g/mol. The Morgan fingerprint density at radius 1 is 1.14 bits per heavy atom. The summed E-state index contributed by atoms with van der Waals surface area (Å²) in [5.41, 5.74) is 1.37. The van der Waals surface area contributed by atoms with Crippen LogP contribution in [0.1, 0.15) is 31.7 Å². The number of sulfone groups is 1. The van der Waals surface area contributed by atoms with Crippen LogP contribution < -0.4 is 0 Å². The van der Waals surface area contributed by atoms with Gasteiger partial charge >= 0.3 is 0 Å². The molecule has 0 spiro atoms. The average Bonchev–Trinajstić information content (AvgIpc) is 3.21. The van der Waals surface area contributed by atoms with Crippen LogP contribution in [0, 0.1) is 5.92 Å². The first-order valence-corrected chi connectivity index (χ1v) is 9.86. The molecule has 1 heterocycles. The zero-order valence-corrected chi connectivity index (χ0v) is 13.6. The van der Waals surface area contributed by atoms with Crippen molar-refractivity contribution in [2.45, 2.75) is 44.7 Å². The Labute approximate surface area is 128 Å². The van der Waals surface area contributed by atoms with Crippen molar-refractivity contribution in [3.05, 3.63) is 35.9 Å². The molecule has 1 saturated heterocycles. The maximum atomic E-state index is 11.7. The molecule has 0 N–H and O–H groups in total. The molecule has 1 aliphatic heterocycles. The van der Waals surface area contributed by atoms with E-state index in [1.54, 1.807) is 0 Å². The maximum absolute atomic E-state index is 11.7. The molecule has 0 amide bonds. The summed E-state index contributed by atoms with van der Waals surface area (Å²) in [6.07, 6.45) is 4.39. The standard InChI is InChI=1S/C17H25NO2S/c1-14(11-15-5-3-2-4-6-15)12-18(16-7-8-16)17-9-10-21(19,20)13-17/h2-6,14,16-17H,7-13H2,1H3. The fraction of sp³-hybridized carbons (Fsp3) is 0.647. The van der Waals surface area contributed by atoms with Crippen molar-refractivity contribution < 1.29 is 8.42 Å². The van der Waals surface area contributed by atoms with Crippen LogP contribution in [-0.4, -0.2) is 43.5 Å². The fourth-order valence-electron chi connectivity index (χ4n) is 3.48. The molecule has 4 heteroatoms. The Balaban J connectivity index is 1.60. The van der Waals surface area contributed by atoms with Crippen LogP contribution in [0.5, 0.6) is 0 Å². The average molecular weight is 307 g/mol. The van der Waals surface area contributed by atoms with Crippen molar-refractivity contribution in [1.82, 2.24) is 4.90 Å². The van der Waals surface area contributed by atoms with Crippen molar-refractivity contribution in [2.24, 2.45) is 5.92 Å². The Kier molecular flexibility index (Phi) is 4.36. The predicted molar refractivity (Wildman–Crippen MR) is 86.1 cm³/mol. The summed E-state index contributed by atoms with van der Waals surface area (Å²) < 4.78 is 23.5. The third-order valence-corrected chi connectivity index (χ3v) is 6.39. The van der Waals surface area contributed by atoms with E-state index in [0.717, 1.165) is 19.4 Å². The van der Waals surface area contributed by atoms with E-state index in [9.17, 15) is 8.42 Å². The molecule has 2 fully saturated rings. The summed E-state index contributed by atoms with van der Waals surface area (Å²) in [6, 6.07) is 11.5. The van der Waals surface area contributed by atoms with Crippen molar-refractivity contribution in [2.75, 3.05) is 18.1 Å². The molecular formula is C17H25NO2S. The lowest BCUT2D eigenvalue weighted by Gasteiger charge is -2.30. The lowest BCUT2D eigenvalue weighted by molar-refractivity contribution is 0.174. The van der Waals surface area contributed by atoms with E-state index < -0.39 is 9.84 Å². The van der Waals surface area contributed by atoms with Crippen molar-refractivity contribution in [1.29, 1.82) is 0 Å². The van der Waals surface area contributed by atoms with Gasteiger partial charge in [0.1, 0.15) is 0 Å². The highest BCUT2D eigenvalue weighted by Crippen LogP contribution is 2.33. The van der Waals surface area contributed by atoms with Gasteiger partial charge in [-0.25, -0.2) is 8.42 Å². The van der Waals surface area contributed by atoms with E-state index in [1.807, 2.05) is 6.07 Å². The lowest BCUT2D eigenvalue weighted by Crippen LogP contribution is -2.41. The van der Waals surface area contributed by atoms with Gasteiger partial charge in [-0.1, -0.05) is 37.3 Å². The zero-order valence-electron chi connectivity index (χ0n) is 12.7. The van der Waals surface area contributed by atoms with Crippen molar-refractivity contribution >= 4 is 9.84 Å². The minimum Gasteiger partial charge on any atom is -0.296 e. The number of benzene rings is 1. The molecule has 2 atom stereocenters. The fourth-order valence-corrected chi connectivity index (χ4v) is 5.22. The summed E-state index contributed by atoms with van der Waals surface area (Å²) >= 11 is 0. The third kappa shape index (κ3) is 4.07. The molecule has 0 radical (unpaired) electrons. The van der Waals surface area contributed by atoms with Crippen LogP contribution in [0.2, 0.25) is 0 Å². The minimum absolute atomic E-state index is 0.265. The summed E-state index contributed by atoms with van der Waals surface area (Å²) in [5, 5.41) is 0. The quantitative estimate of drug-likeness (QED) is 0.810. The number of hydrogen-bond donors (Lipinski definition) is 0. The van der Waals surface area contributed by atoms with Gasteiger partial charge < -0.3 is 0 Å². The van der Waals surface area contributed by atoms with E-state index in [0.29, 0.717) is 23.5 Å². The van der Waals surface area contributed by atoms with Crippen LogP contribution in [-0.2, 0) is 16.3 Å². The first-order valence-electron chi connectivity index (χ1n) is 8.03. The second-order valence-corrected chi connectivity index (χ2v) is 9.01. The van der Waals surface area contributed by atoms with Crippen molar-refractivity contribution in [3.63, 3.8) is 0 Å². The van der Waals surface area contributed by atoms with Gasteiger partial charge in [0.05, 0.1) is 11.5 Å². The summed E-state index contributed by atoms with van der Waals surface area (Å²) in [7, 11) is -2.78. The van der Waals surface area contributed by atoms with E-state index in [1.165, 1.54) is 18.4 Å². The normalized spacial score (nSPS) is 26.1. The second kappa shape index (κ2) is 6.09. The van der Waals surface area contributed by atoms with Crippen LogP contribution in [0.3, 0.4) is 0 Å². The molecule has 21 heavy (non-hydrogen) atoms. The molecule has 3 rings (SSSR count). The molecule has 2 unspecified atom stereocenters. The highest BCUT2D eigenvalue weighted by molar-refractivity contribution is 7.91. The highest BCUT2D eigenvalue weighted by Gasteiger charge is 2.39. The smallest absolute Gasteiger partial charge is 0.151 e. The van der Waals surface area contributed by atoms with E-state index in [4.69, 9.17) is 0 Å². The molecule has 1 aromatic carbocycles. The largest absolute Gasteiger partial charge is 0.296 e. The maximum Gasteiger partial charge on any atom is 0.151 e. The first-order chi connectivity index (χ1) is 10.0. The van der Waals surface area contributed by atoms with Gasteiger partial charge in [-0.2, -0.15) is 0 Å². The molecule has 3 nitrogen and oxygen atoms in total. The molecule has 1 saturated carbocycles. The van der Waals surface area contributed by atoms with Crippen LogP contribution >= 0.6 is 0 Å².